The van der Waals surface area contributed by atoms with Gasteiger partial charge in [-0.25, -0.2) is 9.18 Å². The number of ether oxygens (including phenoxy) is 1. The van der Waals surface area contributed by atoms with E-state index in [1.54, 1.807) is 0 Å². The van der Waals surface area contributed by atoms with Crippen molar-refractivity contribution in [3.05, 3.63) is 71.0 Å². The van der Waals surface area contributed by atoms with Crippen molar-refractivity contribution in [2.75, 3.05) is 6.61 Å². The summed E-state index contributed by atoms with van der Waals surface area (Å²) in [7, 11) is 0. The van der Waals surface area contributed by atoms with Gasteiger partial charge < -0.3 is 10.1 Å². The van der Waals surface area contributed by atoms with Crippen LogP contribution in [0.4, 0.5) is 4.39 Å². The van der Waals surface area contributed by atoms with Crippen molar-refractivity contribution in [1.29, 1.82) is 0 Å². The molecule has 0 fully saturated rings. The molecule has 0 aliphatic rings. The highest BCUT2D eigenvalue weighted by atomic mass is 19.1. The van der Waals surface area contributed by atoms with Crippen LogP contribution >= 0.6 is 0 Å². The number of hydrogen-bond donors (Lipinski definition) is 1. The van der Waals surface area contributed by atoms with Gasteiger partial charge in [-0.15, -0.1) is 0 Å². The molecule has 4 nitrogen and oxygen atoms in total. The number of esters is 1. The van der Waals surface area contributed by atoms with Crippen LogP contribution in [0.3, 0.4) is 0 Å². The summed E-state index contributed by atoms with van der Waals surface area (Å²) in [6.45, 7) is 2.08. The Balaban J connectivity index is 1.76. The minimum absolute atomic E-state index is 0.203. The fraction of sp³-hybridized carbons (Fsp3) is 0.222. The lowest BCUT2D eigenvalue weighted by Crippen LogP contribution is -2.28. The molecule has 2 aromatic rings. The average molecular weight is 315 g/mol. The summed E-state index contributed by atoms with van der Waals surface area (Å²) < 4.78 is 17.6. The Morgan fingerprint density at radius 2 is 1.61 bits per heavy atom. The summed E-state index contributed by atoms with van der Waals surface area (Å²) in [5.74, 6) is -1.49. The molecule has 2 aromatic carbocycles. The van der Waals surface area contributed by atoms with E-state index in [-0.39, 0.29) is 18.1 Å². The van der Waals surface area contributed by atoms with Crippen LogP contribution in [0, 0.1) is 5.82 Å². The molecule has 0 unspecified atom stereocenters. The Morgan fingerprint density at radius 3 is 2.22 bits per heavy atom. The van der Waals surface area contributed by atoms with Gasteiger partial charge in [0.25, 0.3) is 5.91 Å². The molecule has 0 spiro atoms. The van der Waals surface area contributed by atoms with Crippen molar-refractivity contribution in [3.8, 4) is 0 Å². The molecule has 0 saturated carbocycles. The summed E-state index contributed by atoms with van der Waals surface area (Å²) in [5.41, 5.74) is 2.41. The molecule has 0 aliphatic heterocycles. The largest absolute Gasteiger partial charge is 0.452 e. The summed E-state index contributed by atoms with van der Waals surface area (Å²) in [6, 6.07) is 12.9. The molecule has 0 aliphatic carbocycles. The Morgan fingerprint density at radius 1 is 1.00 bits per heavy atom. The van der Waals surface area contributed by atoms with Gasteiger partial charge >= 0.3 is 5.97 Å². The van der Waals surface area contributed by atoms with E-state index in [1.165, 1.54) is 17.7 Å². The Hall–Kier alpha value is -2.69. The van der Waals surface area contributed by atoms with Gasteiger partial charge in [0.2, 0.25) is 0 Å². The van der Waals surface area contributed by atoms with Crippen molar-refractivity contribution in [3.63, 3.8) is 0 Å². The van der Waals surface area contributed by atoms with Crippen LogP contribution in [0.25, 0.3) is 0 Å². The van der Waals surface area contributed by atoms with E-state index < -0.39 is 11.8 Å². The Bertz CT molecular complexity index is 666. The van der Waals surface area contributed by atoms with E-state index in [9.17, 15) is 14.0 Å². The number of amides is 1. The SMILES string of the molecule is CCc1ccc(CNC(=O)COC(=O)c2ccc(F)cc2)cc1. The molecule has 0 saturated heterocycles. The van der Waals surface area contributed by atoms with Gasteiger partial charge in [0.1, 0.15) is 5.82 Å². The second kappa shape index (κ2) is 8.08. The zero-order valence-electron chi connectivity index (χ0n) is 12.8. The van der Waals surface area contributed by atoms with E-state index in [1.807, 2.05) is 24.3 Å². The minimum Gasteiger partial charge on any atom is -0.452 e. The summed E-state index contributed by atoms with van der Waals surface area (Å²) in [4.78, 5) is 23.4. The van der Waals surface area contributed by atoms with Gasteiger partial charge in [0, 0.05) is 6.54 Å². The van der Waals surface area contributed by atoms with E-state index in [0.717, 1.165) is 24.1 Å². The monoisotopic (exact) mass is 315 g/mol. The van der Waals surface area contributed by atoms with E-state index in [2.05, 4.69) is 12.2 Å². The van der Waals surface area contributed by atoms with E-state index >= 15 is 0 Å². The molecule has 0 heterocycles. The molecule has 1 amide bonds. The topological polar surface area (TPSA) is 55.4 Å². The van der Waals surface area contributed by atoms with Crippen molar-refractivity contribution in [1.82, 2.24) is 5.32 Å². The molecule has 0 aromatic heterocycles. The number of nitrogens with one attached hydrogen (secondary N) is 1. The Kier molecular flexibility index (Phi) is 5.86. The van der Waals surface area contributed by atoms with Crippen molar-refractivity contribution in [2.24, 2.45) is 0 Å². The quantitative estimate of drug-likeness (QED) is 0.834. The molecular formula is C18H18FNO3. The van der Waals surface area contributed by atoms with Crippen LogP contribution in [0.5, 0.6) is 0 Å². The summed E-state index contributed by atoms with van der Waals surface area (Å²) in [6.07, 6.45) is 0.964. The molecule has 5 heteroatoms. The summed E-state index contributed by atoms with van der Waals surface area (Å²) in [5, 5.41) is 2.68. The molecule has 120 valence electrons. The van der Waals surface area contributed by atoms with Crippen LogP contribution in [-0.4, -0.2) is 18.5 Å². The average Bonchev–Trinajstić information content (AvgIpc) is 2.59. The van der Waals surface area contributed by atoms with E-state index in [4.69, 9.17) is 4.74 Å². The highest BCUT2D eigenvalue weighted by Gasteiger charge is 2.10. The first-order chi connectivity index (χ1) is 11.1. The first kappa shape index (κ1) is 16.7. The molecule has 0 radical (unpaired) electrons. The molecule has 1 N–H and O–H groups in total. The van der Waals surface area contributed by atoms with Crippen molar-refractivity contribution >= 4 is 11.9 Å². The molecule has 0 bridgehead atoms. The van der Waals surface area contributed by atoms with Gasteiger partial charge in [0.15, 0.2) is 6.61 Å². The summed E-state index contributed by atoms with van der Waals surface area (Å²) >= 11 is 0. The molecule has 2 rings (SSSR count). The smallest absolute Gasteiger partial charge is 0.338 e. The second-order valence-corrected chi connectivity index (χ2v) is 5.03. The number of carbonyl (C=O) groups excluding carboxylic acids is 2. The molecule has 23 heavy (non-hydrogen) atoms. The zero-order valence-corrected chi connectivity index (χ0v) is 12.8. The zero-order chi connectivity index (χ0) is 16.7. The first-order valence-electron chi connectivity index (χ1n) is 7.35. The predicted molar refractivity (Wildman–Crippen MR) is 84.3 cm³/mol. The normalized spacial score (nSPS) is 10.2. The highest BCUT2D eigenvalue weighted by molar-refractivity contribution is 5.91. The Labute approximate surface area is 134 Å². The van der Waals surface area contributed by atoms with Crippen LogP contribution in [0.2, 0.25) is 0 Å². The maximum Gasteiger partial charge on any atom is 0.338 e. The maximum absolute atomic E-state index is 12.8. The number of hydrogen-bond acceptors (Lipinski definition) is 3. The van der Waals surface area contributed by atoms with Gasteiger partial charge in [-0.1, -0.05) is 31.2 Å². The number of carbonyl (C=O) groups is 2. The van der Waals surface area contributed by atoms with Gasteiger partial charge in [-0.2, -0.15) is 0 Å². The van der Waals surface area contributed by atoms with Crippen LogP contribution in [0.1, 0.15) is 28.4 Å². The molecular weight excluding hydrogens is 297 g/mol. The number of halogens is 1. The third-order valence-electron chi connectivity index (χ3n) is 3.34. The standard InChI is InChI=1S/C18H18FNO3/c1-2-13-3-5-14(6-4-13)11-20-17(21)12-23-18(22)15-7-9-16(19)10-8-15/h3-10H,2,11-12H2,1H3,(H,20,21). The van der Waals surface area contributed by atoms with Gasteiger partial charge in [-0.05, 0) is 41.8 Å². The van der Waals surface area contributed by atoms with Crippen LogP contribution in [0.15, 0.2) is 48.5 Å². The number of rotatable bonds is 6. The van der Waals surface area contributed by atoms with Crippen LogP contribution < -0.4 is 5.32 Å². The van der Waals surface area contributed by atoms with Crippen molar-refractivity contribution < 1.29 is 18.7 Å². The number of benzene rings is 2. The minimum atomic E-state index is -0.660. The third-order valence-corrected chi connectivity index (χ3v) is 3.34. The lowest BCUT2D eigenvalue weighted by molar-refractivity contribution is -0.124. The van der Waals surface area contributed by atoms with E-state index in [0.29, 0.717) is 6.54 Å². The maximum atomic E-state index is 12.8. The lowest BCUT2D eigenvalue weighted by Gasteiger charge is -2.07. The van der Waals surface area contributed by atoms with Gasteiger partial charge in [-0.3, -0.25) is 4.79 Å². The van der Waals surface area contributed by atoms with Gasteiger partial charge in [0.05, 0.1) is 5.56 Å². The second-order valence-electron chi connectivity index (χ2n) is 5.03. The number of aryl methyl sites for hydroxylation is 1. The molecule has 0 atom stereocenters. The fourth-order valence-electron chi connectivity index (χ4n) is 1.94. The first-order valence-corrected chi connectivity index (χ1v) is 7.35. The third kappa shape index (κ3) is 5.21. The van der Waals surface area contributed by atoms with Crippen LogP contribution in [-0.2, 0) is 22.5 Å². The van der Waals surface area contributed by atoms with Crippen molar-refractivity contribution in [2.45, 2.75) is 19.9 Å². The highest BCUT2D eigenvalue weighted by Crippen LogP contribution is 2.06. The lowest BCUT2D eigenvalue weighted by atomic mass is 10.1. The predicted octanol–water partition coefficient (Wildman–Crippen LogP) is 2.86. The fourth-order valence-corrected chi connectivity index (χ4v) is 1.94.